The molecule has 2 aliphatic rings. The predicted molar refractivity (Wildman–Crippen MR) is 121 cm³/mol. The summed E-state index contributed by atoms with van der Waals surface area (Å²) in [6.45, 7) is 6.24. The van der Waals surface area contributed by atoms with Gasteiger partial charge in [0.15, 0.2) is 0 Å². The van der Waals surface area contributed by atoms with E-state index in [2.05, 4.69) is 5.32 Å². The smallest absolute Gasteiger partial charge is 0.216 e. The minimum atomic E-state index is -0.841. The van der Waals surface area contributed by atoms with Crippen LogP contribution in [0.25, 0.3) is 0 Å². The van der Waals surface area contributed by atoms with Crippen molar-refractivity contribution in [1.82, 2.24) is 5.32 Å². The standard InChI is InChI=1S/C23H43NO10/c1-4-30-21-16(28)13-33-19(12-26)23(21)32-9-5-7-17-22(31-10-6-8-24-15(3)27)20(29)14(2)18(11-25)34-17/h14,16-23,25-26,28-29H,4-13H2,1-3H3,(H,24,27)/t14-,16+,17?,18-,19-,20+,21-,22+,23-/m1/s1. The third-order valence-electron chi connectivity index (χ3n) is 6.40. The van der Waals surface area contributed by atoms with Gasteiger partial charge in [0.1, 0.15) is 30.5 Å². The van der Waals surface area contributed by atoms with Crippen molar-refractivity contribution in [2.75, 3.05) is 46.2 Å². The van der Waals surface area contributed by atoms with E-state index in [0.29, 0.717) is 45.6 Å². The molecule has 9 atom stereocenters. The van der Waals surface area contributed by atoms with Crippen molar-refractivity contribution in [2.24, 2.45) is 5.92 Å². The number of hydrogen-bond acceptors (Lipinski definition) is 10. The second-order valence-corrected chi connectivity index (χ2v) is 8.94. The van der Waals surface area contributed by atoms with Gasteiger partial charge in [-0.2, -0.15) is 0 Å². The van der Waals surface area contributed by atoms with Crippen LogP contribution in [0, 0.1) is 5.92 Å². The molecule has 2 fully saturated rings. The van der Waals surface area contributed by atoms with Crippen LogP contribution in [0.1, 0.15) is 40.0 Å². The Morgan fingerprint density at radius 3 is 2.29 bits per heavy atom. The lowest BCUT2D eigenvalue weighted by atomic mass is 9.86. The average molecular weight is 494 g/mol. The van der Waals surface area contributed by atoms with Crippen molar-refractivity contribution in [1.29, 1.82) is 0 Å². The van der Waals surface area contributed by atoms with E-state index >= 15 is 0 Å². The lowest BCUT2D eigenvalue weighted by molar-refractivity contribution is -0.230. The lowest BCUT2D eigenvalue weighted by Gasteiger charge is -2.43. The van der Waals surface area contributed by atoms with Gasteiger partial charge in [0.2, 0.25) is 5.91 Å². The van der Waals surface area contributed by atoms with Gasteiger partial charge in [0, 0.05) is 39.2 Å². The molecule has 0 radical (unpaired) electrons. The number of carbonyl (C=O) groups is 1. The summed E-state index contributed by atoms with van der Waals surface area (Å²) < 4.78 is 29.1. The molecule has 0 saturated carbocycles. The maximum absolute atomic E-state index is 11.0. The Bertz CT molecular complexity index is 582. The number of nitrogens with one attached hydrogen (secondary N) is 1. The maximum Gasteiger partial charge on any atom is 0.216 e. The zero-order valence-corrected chi connectivity index (χ0v) is 20.5. The SMILES string of the molecule is CCO[C@H]1[C@H](OCCCC2O[C@H](CO)[C@@H](C)[C@H](O)[C@H]2OCCCNC(C)=O)[C@@H](CO)OC[C@@H]1O. The van der Waals surface area contributed by atoms with Crippen molar-refractivity contribution in [3.8, 4) is 0 Å². The zero-order valence-electron chi connectivity index (χ0n) is 20.5. The molecular weight excluding hydrogens is 450 g/mol. The zero-order chi connectivity index (χ0) is 25.1. The molecule has 0 aliphatic carbocycles. The third-order valence-corrected chi connectivity index (χ3v) is 6.40. The summed E-state index contributed by atoms with van der Waals surface area (Å²) in [6, 6.07) is 0. The summed E-state index contributed by atoms with van der Waals surface area (Å²) in [6.07, 6.45) is -3.30. The molecule has 2 aliphatic heterocycles. The number of aliphatic hydroxyl groups excluding tert-OH is 4. The maximum atomic E-state index is 11.0. The summed E-state index contributed by atoms with van der Waals surface area (Å²) in [5.74, 6) is -0.403. The van der Waals surface area contributed by atoms with Crippen LogP contribution in [-0.2, 0) is 28.5 Å². The van der Waals surface area contributed by atoms with Gasteiger partial charge in [-0.1, -0.05) is 6.92 Å². The number of amides is 1. The highest BCUT2D eigenvalue weighted by atomic mass is 16.6. The number of carbonyl (C=O) groups excluding carboxylic acids is 1. The number of hydrogen-bond donors (Lipinski definition) is 5. The predicted octanol–water partition coefficient (Wildman–Crippen LogP) is -1.02. The second-order valence-electron chi connectivity index (χ2n) is 8.94. The normalized spacial score (nSPS) is 36.4. The number of rotatable bonds is 14. The van der Waals surface area contributed by atoms with Gasteiger partial charge >= 0.3 is 0 Å². The number of ether oxygens (including phenoxy) is 5. The van der Waals surface area contributed by atoms with Gasteiger partial charge in [-0.3, -0.25) is 4.79 Å². The van der Waals surface area contributed by atoms with Crippen LogP contribution in [0.15, 0.2) is 0 Å². The largest absolute Gasteiger partial charge is 0.394 e. The summed E-state index contributed by atoms with van der Waals surface area (Å²) in [7, 11) is 0. The molecule has 0 aromatic rings. The first kappa shape index (κ1) is 29.3. The molecule has 2 rings (SSSR count). The van der Waals surface area contributed by atoms with Crippen LogP contribution < -0.4 is 5.32 Å². The van der Waals surface area contributed by atoms with Gasteiger partial charge in [0.25, 0.3) is 0 Å². The van der Waals surface area contributed by atoms with E-state index in [1.165, 1.54) is 6.92 Å². The molecule has 1 unspecified atom stereocenters. The fourth-order valence-corrected chi connectivity index (χ4v) is 4.47. The minimum Gasteiger partial charge on any atom is -0.394 e. The fraction of sp³-hybridized carbons (Fsp3) is 0.957. The van der Waals surface area contributed by atoms with Gasteiger partial charge in [-0.25, -0.2) is 0 Å². The Morgan fingerprint density at radius 1 is 0.971 bits per heavy atom. The van der Waals surface area contributed by atoms with E-state index in [1.807, 2.05) is 13.8 Å². The summed E-state index contributed by atoms with van der Waals surface area (Å²) >= 11 is 0. The molecule has 1 amide bonds. The minimum absolute atomic E-state index is 0.0746. The highest BCUT2D eigenvalue weighted by molar-refractivity contribution is 5.72. The molecule has 200 valence electrons. The van der Waals surface area contributed by atoms with Crippen LogP contribution >= 0.6 is 0 Å². The van der Waals surface area contributed by atoms with Crippen molar-refractivity contribution in [2.45, 2.75) is 88.9 Å². The Balaban J connectivity index is 1.90. The highest BCUT2D eigenvalue weighted by Crippen LogP contribution is 2.30. The van der Waals surface area contributed by atoms with Crippen molar-refractivity contribution >= 4 is 5.91 Å². The molecule has 0 bridgehead atoms. The second kappa shape index (κ2) is 15.3. The first-order chi connectivity index (χ1) is 16.3. The van der Waals surface area contributed by atoms with Crippen LogP contribution in [-0.4, -0.2) is 121 Å². The molecule has 2 saturated heterocycles. The Labute approximate surface area is 201 Å². The Hall–Kier alpha value is -0.890. The topological polar surface area (TPSA) is 156 Å². The molecule has 11 nitrogen and oxygen atoms in total. The van der Waals surface area contributed by atoms with E-state index in [9.17, 15) is 25.2 Å². The monoisotopic (exact) mass is 493 g/mol. The number of aliphatic hydroxyl groups is 4. The average Bonchev–Trinajstić information content (AvgIpc) is 2.81. The lowest BCUT2D eigenvalue weighted by Crippen LogP contribution is -2.56. The van der Waals surface area contributed by atoms with E-state index in [-0.39, 0.29) is 31.6 Å². The first-order valence-electron chi connectivity index (χ1n) is 12.3. The van der Waals surface area contributed by atoms with E-state index in [0.717, 1.165) is 0 Å². The van der Waals surface area contributed by atoms with Gasteiger partial charge in [-0.05, 0) is 26.2 Å². The Kier molecular flexibility index (Phi) is 13.2. The summed E-state index contributed by atoms with van der Waals surface area (Å²) in [5, 5.41) is 43.0. The molecule has 5 N–H and O–H groups in total. The quantitative estimate of drug-likeness (QED) is 0.190. The highest BCUT2D eigenvalue weighted by Gasteiger charge is 2.44. The van der Waals surface area contributed by atoms with Gasteiger partial charge in [-0.15, -0.1) is 0 Å². The Morgan fingerprint density at radius 2 is 1.65 bits per heavy atom. The van der Waals surface area contributed by atoms with Crippen LogP contribution in [0.2, 0.25) is 0 Å². The molecule has 0 spiro atoms. The van der Waals surface area contributed by atoms with Crippen molar-refractivity contribution < 1.29 is 48.9 Å². The molecule has 0 aromatic carbocycles. The van der Waals surface area contributed by atoms with E-state index < -0.39 is 48.8 Å². The summed E-state index contributed by atoms with van der Waals surface area (Å²) in [4.78, 5) is 11.0. The van der Waals surface area contributed by atoms with Crippen molar-refractivity contribution in [3.63, 3.8) is 0 Å². The van der Waals surface area contributed by atoms with E-state index in [4.69, 9.17) is 23.7 Å². The van der Waals surface area contributed by atoms with Crippen LogP contribution in [0.4, 0.5) is 0 Å². The first-order valence-corrected chi connectivity index (χ1v) is 12.3. The van der Waals surface area contributed by atoms with Crippen LogP contribution in [0.5, 0.6) is 0 Å². The van der Waals surface area contributed by atoms with Crippen LogP contribution in [0.3, 0.4) is 0 Å². The van der Waals surface area contributed by atoms with E-state index in [1.54, 1.807) is 0 Å². The third kappa shape index (κ3) is 8.35. The molecule has 34 heavy (non-hydrogen) atoms. The molecular formula is C23H43NO10. The fourth-order valence-electron chi connectivity index (χ4n) is 4.47. The molecule has 0 aromatic heterocycles. The summed E-state index contributed by atoms with van der Waals surface area (Å²) in [5.41, 5.74) is 0. The van der Waals surface area contributed by atoms with Crippen molar-refractivity contribution in [3.05, 3.63) is 0 Å². The van der Waals surface area contributed by atoms with Gasteiger partial charge in [0.05, 0.1) is 38.1 Å². The molecule has 2 heterocycles. The molecule has 11 heteroatoms. The van der Waals surface area contributed by atoms with Gasteiger partial charge < -0.3 is 49.4 Å².